The van der Waals surface area contributed by atoms with Gasteiger partial charge in [-0.25, -0.2) is 9.78 Å². The number of hydrogen-bond donors (Lipinski definition) is 1. The summed E-state index contributed by atoms with van der Waals surface area (Å²) in [5.41, 5.74) is 0.301. The lowest BCUT2D eigenvalue weighted by molar-refractivity contribution is -0.577. The van der Waals surface area contributed by atoms with Crippen LogP contribution < -0.4 is 9.47 Å². The summed E-state index contributed by atoms with van der Waals surface area (Å²) in [6.07, 6.45) is 2.50. The van der Waals surface area contributed by atoms with E-state index in [9.17, 15) is 10.0 Å². The molecule has 6 nitrogen and oxygen atoms in total. The summed E-state index contributed by atoms with van der Waals surface area (Å²) in [5, 5.41) is 20.4. The van der Waals surface area contributed by atoms with Crippen LogP contribution in [0.2, 0.25) is 0 Å². The number of ether oxygens (including phenoxy) is 1. The average Bonchev–Trinajstić information content (AvgIpc) is 2.29. The fourth-order valence-corrected chi connectivity index (χ4v) is 1.40. The molecule has 0 aliphatic rings. The van der Waals surface area contributed by atoms with Gasteiger partial charge < -0.3 is 15.1 Å². The normalized spacial score (nSPS) is 10.3. The van der Waals surface area contributed by atoms with Crippen molar-refractivity contribution >= 4 is 17.0 Å². The third-order valence-electron chi connectivity index (χ3n) is 2.18. The molecule has 6 heteroatoms. The van der Waals surface area contributed by atoms with E-state index < -0.39 is 5.97 Å². The molecule has 0 amide bonds. The zero-order valence-electron chi connectivity index (χ0n) is 8.38. The molecule has 1 N–H and O–H groups in total. The first kappa shape index (κ1) is 10.2. The molecule has 0 aromatic carbocycles. The zero-order chi connectivity index (χ0) is 11.7. The van der Waals surface area contributed by atoms with Crippen molar-refractivity contribution in [1.29, 1.82) is 0 Å². The lowest BCUT2D eigenvalue weighted by Gasteiger charge is -2.04. The van der Waals surface area contributed by atoms with E-state index in [-0.39, 0.29) is 16.6 Å². The first-order valence-electron chi connectivity index (χ1n) is 4.42. The highest BCUT2D eigenvalue weighted by atomic mass is 16.5. The molecule has 0 fully saturated rings. The quantitative estimate of drug-likeness (QED) is 0.590. The second-order valence-corrected chi connectivity index (χ2v) is 3.10. The smallest absolute Gasteiger partial charge is 0.338 e. The molecule has 2 rings (SSSR count). The molecule has 2 heterocycles. The van der Waals surface area contributed by atoms with Crippen LogP contribution in [0.1, 0.15) is 10.4 Å². The van der Waals surface area contributed by atoms with Crippen molar-refractivity contribution in [3.8, 4) is 5.75 Å². The minimum atomic E-state index is -1.12. The van der Waals surface area contributed by atoms with E-state index in [1.807, 2.05) is 0 Å². The summed E-state index contributed by atoms with van der Waals surface area (Å²) in [5.74, 6) is -0.720. The molecular weight excluding hydrogens is 212 g/mol. The van der Waals surface area contributed by atoms with Crippen LogP contribution in [0.4, 0.5) is 0 Å². The first-order chi connectivity index (χ1) is 7.63. The van der Waals surface area contributed by atoms with Gasteiger partial charge in [-0.3, -0.25) is 0 Å². The Morgan fingerprint density at radius 1 is 1.62 bits per heavy atom. The van der Waals surface area contributed by atoms with E-state index in [4.69, 9.17) is 9.84 Å². The maximum absolute atomic E-state index is 11.4. The summed E-state index contributed by atoms with van der Waals surface area (Å²) in [4.78, 5) is 14.8. The summed E-state index contributed by atoms with van der Waals surface area (Å²) >= 11 is 0. The van der Waals surface area contributed by atoms with Crippen molar-refractivity contribution < 1.29 is 19.4 Å². The van der Waals surface area contributed by atoms with Crippen LogP contribution in [0.25, 0.3) is 11.0 Å². The van der Waals surface area contributed by atoms with Crippen LogP contribution in [0.5, 0.6) is 5.75 Å². The fraction of sp³-hybridized carbons (Fsp3) is 0.100. The number of aromatic nitrogens is 2. The summed E-state index contributed by atoms with van der Waals surface area (Å²) in [6, 6.07) is 2.67. The zero-order valence-corrected chi connectivity index (χ0v) is 8.38. The van der Waals surface area contributed by atoms with Gasteiger partial charge in [-0.05, 0) is 0 Å². The SMILES string of the molecule is COc1cnc2c(C(=O)O)cc[n+]([O-])c2c1. The highest BCUT2D eigenvalue weighted by molar-refractivity contribution is 5.99. The number of fused-ring (bicyclic) bond motifs is 1. The van der Waals surface area contributed by atoms with E-state index in [2.05, 4.69) is 4.98 Å². The number of carboxylic acid groups (broad SMARTS) is 1. The van der Waals surface area contributed by atoms with Crippen LogP contribution >= 0.6 is 0 Å². The Morgan fingerprint density at radius 2 is 2.38 bits per heavy atom. The molecule has 0 radical (unpaired) electrons. The molecule has 0 atom stereocenters. The molecule has 0 unspecified atom stereocenters. The van der Waals surface area contributed by atoms with Gasteiger partial charge in [0.2, 0.25) is 5.52 Å². The van der Waals surface area contributed by atoms with Gasteiger partial charge in [-0.2, -0.15) is 4.73 Å². The predicted molar refractivity (Wildman–Crippen MR) is 54.2 cm³/mol. The number of aromatic carboxylic acids is 1. The number of hydrogen-bond acceptors (Lipinski definition) is 4. The minimum Gasteiger partial charge on any atom is -0.618 e. The largest absolute Gasteiger partial charge is 0.618 e. The molecule has 0 saturated heterocycles. The highest BCUT2D eigenvalue weighted by Crippen LogP contribution is 2.17. The van der Waals surface area contributed by atoms with E-state index in [0.29, 0.717) is 10.5 Å². The van der Waals surface area contributed by atoms with Crippen molar-refractivity contribution in [2.24, 2.45) is 0 Å². The van der Waals surface area contributed by atoms with Gasteiger partial charge in [0.15, 0.2) is 11.7 Å². The molecule has 0 saturated carbocycles. The predicted octanol–water partition coefficient (Wildman–Crippen LogP) is 0.575. The van der Waals surface area contributed by atoms with Crippen molar-refractivity contribution in [1.82, 2.24) is 4.98 Å². The highest BCUT2D eigenvalue weighted by Gasteiger charge is 2.16. The van der Waals surface area contributed by atoms with Crippen molar-refractivity contribution in [2.75, 3.05) is 7.11 Å². The monoisotopic (exact) mass is 220 g/mol. The van der Waals surface area contributed by atoms with Crippen LogP contribution in [0.15, 0.2) is 24.5 Å². The third kappa shape index (κ3) is 1.50. The van der Waals surface area contributed by atoms with Crippen LogP contribution in [0, 0.1) is 5.21 Å². The van der Waals surface area contributed by atoms with Crippen LogP contribution in [-0.4, -0.2) is 23.2 Å². The average molecular weight is 220 g/mol. The summed E-state index contributed by atoms with van der Waals surface area (Å²) in [6.45, 7) is 0. The Hall–Kier alpha value is -2.37. The van der Waals surface area contributed by atoms with Gasteiger partial charge in [0.25, 0.3) is 0 Å². The third-order valence-corrected chi connectivity index (χ3v) is 2.18. The molecule has 0 aliphatic carbocycles. The maximum Gasteiger partial charge on any atom is 0.338 e. The van der Waals surface area contributed by atoms with Gasteiger partial charge in [-0.1, -0.05) is 0 Å². The van der Waals surface area contributed by atoms with Crippen molar-refractivity contribution in [3.05, 3.63) is 35.3 Å². The van der Waals surface area contributed by atoms with Gasteiger partial charge in [0.1, 0.15) is 5.75 Å². The summed E-state index contributed by atoms with van der Waals surface area (Å²) in [7, 11) is 1.44. The Balaban J connectivity index is 2.80. The van der Waals surface area contributed by atoms with Gasteiger partial charge >= 0.3 is 5.97 Å². The van der Waals surface area contributed by atoms with Gasteiger partial charge in [0.05, 0.1) is 24.9 Å². The molecule has 2 aromatic heterocycles. The molecule has 2 aromatic rings. The van der Waals surface area contributed by atoms with E-state index in [1.165, 1.54) is 25.4 Å². The number of pyridine rings is 2. The maximum atomic E-state index is 11.4. The molecule has 16 heavy (non-hydrogen) atoms. The van der Waals surface area contributed by atoms with Crippen molar-refractivity contribution in [2.45, 2.75) is 0 Å². The molecule has 82 valence electrons. The van der Waals surface area contributed by atoms with E-state index in [0.717, 1.165) is 6.20 Å². The molecule has 0 spiro atoms. The number of nitrogens with zero attached hydrogens (tertiary/aromatic N) is 2. The van der Waals surface area contributed by atoms with Gasteiger partial charge in [0, 0.05) is 6.07 Å². The topological polar surface area (TPSA) is 86.4 Å². The number of carbonyl (C=O) groups is 1. The van der Waals surface area contributed by atoms with E-state index in [1.54, 1.807) is 0 Å². The summed E-state index contributed by atoms with van der Waals surface area (Å²) < 4.78 is 5.47. The lowest BCUT2D eigenvalue weighted by Crippen LogP contribution is -2.27. The van der Waals surface area contributed by atoms with Crippen LogP contribution in [-0.2, 0) is 0 Å². The fourth-order valence-electron chi connectivity index (χ4n) is 1.40. The minimum absolute atomic E-state index is 0.00949. The van der Waals surface area contributed by atoms with Crippen LogP contribution in [0.3, 0.4) is 0 Å². The second kappa shape index (κ2) is 3.65. The second-order valence-electron chi connectivity index (χ2n) is 3.10. The van der Waals surface area contributed by atoms with Gasteiger partial charge in [-0.15, -0.1) is 0 Å². The first-order valence-corrected chi connectivity index (χ1v) is 4.42. The molecule has 0 aliphatic heterocycles. The van der Waals surface area contributed by atoms with E-state index >= 15 is 0 Å². The van der Waals surface area contributed by atoms with Crippen molar-refractivity contribution in [3.63, 3.8) is 0 Å². The Bertz CT molecular complexity index is 568. The number of rotatable bonds is 2. The Morgan fingerprint density at radius 3 is 3.00 bits per heavy atom. The number of carboxylic acids is 1. The lowest BCUT2D eigenvalue weighted by atomic mass is 10.2. The molecule has 0 bridgehead atoms. The Kier molecular flexibility index (Phi) is 2.32. The Labute approximate surface area is 90.3 Å². The standard InChI is InChI=1S/C10H8N2O4/c1-16-6-4-8-9(11-5-6)7(10(13)14)2-3-12(8)15/h2-5H,1H3,(H,13,14). The number of methoxy groups -OCH3 is 1. The molecular formula is C10H8N2O4.